The third-order valence-corrected chi connectivity index (χ3v) is 9.56. The molecule has 0 radical (unpaired) electrons. The van der Waals surface area contributed by atoms with Crippen molar-refractivity contribution >= 4 is 58.1 Å². The molecule has 0 aliphatic carbocycles. The average molecular weight is 711 g/mol. The Balaban J connectivity index is 1.38. The summed E-state index contributed by atoms with van der Waals surface area (Å²) in [5.74, 6) is 0. The standard InChI is InChI=1S/C48H46N4O2/c1-33-7-19-39(20-8-33)51(40-21-9-34(2)10-22-40)43-27-15-37(16-28-43)47(49-5)45(31-53)46(32-54)48(50-6)38-17-29-44(30-18-38)52(41-23-11-35(3)12-24-41)42-25-13-36(4)14-26-42/h7-32,49-50H,1-6H3/b47-45-,48-46-. The molecule has 2 N–H and O–H groups in total. The summed E-state index contributed by atoms with van der Waals surface area (Å²) in [4.78, 5) is 30.2. The summed E-state index contributed by atoms with van der Waals surface area (Å²) in [7, 11) is 3.53. The monoisotopic (exact) mass is 710 g/mol. The molecule has 6 aromatic carbocycles. The molecule has 6 nitrogen and oxygen atoms in total. The van der Waals surface area contributed by atoms with Crippen molar-refractivity contribution in [2.24, 2.45) is 0 Å². The molecule has 0 spiro atoms. The number of benzene rings is 6. The van der Waals surface area contributed by atoms with Crippen LogP contribution in [0.25, 0.3) is 11.4 Å². The lowest BCUT2D eigenvalue weighted by Gasteiger charge is -2.26. The van der Waals surface area contributed by atoms with Gasteiger partial charge in [-0.25, -0.2) is 0 Å². The van der Waals surface area contributed by atoms with Crippen LogP contribution in [0.15, 0.2) is 157 Å². The van der Waals surface area contributed by atoms with E-state index in [1.165, 1.54) is 22.3 Å². The van der Waals surface area contributed by atoms with Crippen molar-refractivity contribution in [1.29, 1.82) is 0 Å². The average Bonchev–Trinajstić information content (AvgIpc) is 3.20. The Hall–Kier alpha value is -6.66. The van der Waals surface area contributed by atoms with Crippen molar-refractivity contribution in [2.75, 3.05) is 23.9 Å². The zero-order chi connectivity index (χ0) is 38.2. The highest BCUT2D eigenvalue weighted by molar-refractivity contribution is 6.07. The van der Waals surface area contributed by atoms with Crippen LogP contribution in [0, 0.1) is 27.7 Å². The number of carbonyl (C=O) groups excluding carboxylic acids is 2. The number of carbonyl (C=O) groups is 2. The highest BCUT2D eigenvalue weighted by atomic mass is 16.1. The van der Waals surface area contributed by atoms with Crippen molar-refractivity contribution in [1.82, 2.24) is 10.6 Å². The van der Waals surface area contributed by atoms with Crippen LogP contribution < -0.4 is 20.4 Å². The molecule has 6 heteroatoms. The second-order valence-corrected chi connectivity index (χ2v) is 13.4. The van der Waals surface area contributed by atoms with Gasteiger partial charge in [0, 0.05) is 48.2 Å². The third kappa shape index (κ3) is 8.03. The van der Waals surface area contributed by atoms with E-state index in [2.05, 4.69) is 145 Å². The topological polar surface area (TPSA) is 64.7 Å². The molecule has 0 amide bonds. The number of hydrogen-bond acceptors (Lipinski definition) is 6. The fourth-order valence-corrected chi connectivity index (χ4v) is 6.61. The van der Waals surface area contributed by atoms with Crippen LogP contribution in [-0.4, -0.2) is 26.7 Å². The number of nitrogens with zero attached hydrogens (tertiary/aromatic N) is 2. The zero-order valence-corrected chi connectivity index (χ0v) is 31.7. The van der Waals surface area contributed by atoms with Gasteiger partial charge in [0.05, 0.1) is 22.5 Å². The highest BCUT2D eigenvalue weighted by Crippen LogP contribution is 2.37. The number of anilines is 6. The zero-order valence-electron chi connectivity index (χ0n) is 31.7. The van der Waals surface area contributed by atoms with Gasteiger partial charge in [-0.3, -0.25) is 9.59 Å². The fourth-order valence-electron chi connectivity index (χ4n) is 6.61. The van der Waals surface area contributed by atoms with Crippen LogP contribution in [0.1, 0.15) is 33.4 Å². The summed E-state index contributed by atoms with van der Waals surface area (Å²) >= 11 is 0. The van der Waals surface area contributed by atoms with E-state index >= 15 is 0 Å². The van der Waals surface area contributed by atoms with E-state index in [4.69, 9.17) is 0 Å². The predicted molar refractivity (Wildman–Crippen MR) is 225 cm³/mol. The van der Waals surface area contributed by atoms with Crippen molar-refractivity contribution in [3.8, 4) is 0 Å². The lowest BCUT2D eigenvalue weighted by molar-refractivity contribution is -0.107. The van der Waals surface area contributed by atoms with E-state index in [0.29, 0.717) is 11.4 Å². The number of nitrogens with one attached hydrogen (secondary N) is 2. The molecular formula is C48H46N4O2. The first-order chi connectivity index (χ1) is 26.2. The van der Waals surface area contributed by atoms with Crippen LogP contribution in [0.3, 0.4) is 0 Å². The van der Waals surface area contributed by atoms with Gasteiger partial charge in [0.1, 0.15) is 0 Å². The van der Waals surface area contributed by atoms with Crippen molar-refractivity contribution < 1.29 is 9.59 Å². The first kappa shape index (κ1) is 37.1. The molecule has 54 heavy (non-hydrogen) atoms. The molecule has 6 aromatic rings. The lowest BCUT2D eigenvalue weighted by atomic mass is 9.96. The van der Waals surface area contributed by atoms with Gasteiger partial charge >= 0.3 is 0 Å². The molecule has 0 aliphatic rings. The van der Waals surface area contributed by atoms with Crippen molar-refractivity contribution in [3.05, 3.63) is 190 Å². The minimum Gasteiger partial charge on any atom is -0.387 e. The maximum Gasteiger partial charge on any atom is 0.152 e. The molecule has 0 fully saturated rings. The summed E-state index contributed by atoms with van der Waals surface area (Å²) in [5.41, 5.74) is 13.9. The predicted octanol–water partition coefficient (Wildman–Crippen LogP) is 10.8. The SMILES string of the molecule is CN/C(=C(C=O)\C(C=O)=C(/NC)c1ccc(N(c2ccc(C)cc2)c2ccc(C)cc2)cc1)c1ccc(N(c2ccc(C)cc2)c2ccc(C)cc2)cc1. The van der Waals surface area contributed by atoms with Gasteiger partial charge in [-0.1, -0.05) is 95.1 Å². The molecule has 6 rings (SSSR count). The quantitative estimate of drug-likeness (QED) is 0.0707. The molecule has 0 heterocycles. The van der Waals surface area contributed by atoms with E-state index in [1.54, 1.807) is 14.1 Å². The van der Waals surface area contributed by atoms with Crippen LogP contribution in [0.4, 0.5) is 34.1 Å². The van der Waals surface area contributed by atoms with E-state index in [-0.39, 0.29) is 11.1 Å². The van der Waals surface area contributed by atoms with Crippen LogP contribution in [0.5, 0.6) is 0 Å². The summed E-state index contributed by atoms with van der Waals surface area (Å²) < 4.78 is 0. The van der Waals surface area contributed by atoms with Crippen LogP contribution >= 0.6 is 0 Å². The second-order valence-electron chi connectivity index (χ2n) is 13.4. The normalized spacial score (nSPS) is 11.9. The van der Waals surface area contributed by atoms with Gasteiger partial charge in [-0.05, 0) is 112 Å². The molecule has 0 aliphatic heterocycles. The maximum absolute atomic E-state index is 12.9. The number of hydrogen-bond donors (Lipinski definition) is 2. The van der Waals surface area contributed by atoms with Gasteiger partial charge in [-0.15, -0.1) is 0 Å². The molecule has 270 valence electrons. The molecule has 0 aromatic heterocycles. The Morgan fingerprint density at radius 1 is 0.370 bits per heavy atom. The van der Waals surface area contributed by atoms with E-state index in [9.17, 15) is 9.59 Å². The molecule has 0 saturated heterocycles. The molecule has 0 bridgehead atoms. The molecule has 0 saturated carbocycles. The summed E-state index contributed by atoms with van der Waals surface area (Å²) in [6.07, 6.45) is 1.49. The van der Waals surface area contributed by atoms with Gasteiger partial charge in [0.2, 0.25) is 0 Å². The Kier molecular flexibility index (Phi) is 11.5. The molecule has 0 atom stereocenters. The maximum atomic E-state index is 12.9. The van der Waals surface area contributed by atoms with Crippen LogP contribution in [-0.2, 0) is 9.59 Å². The Bertz CT molecular complexity index is 2010. The number of aryl methyl sites for hydroxylation is 4. The fraction of sp³-hybridized carbons (Fsp3) is 0.125. The third-order valence-electron chi connectivity index (χ3n) is 9.56. The number of allylic oxidation sites excluding steroid dienone is 2. The summed E-state index contributed by atoms with van der Waals surface area (Å²) in [6.45, 7) is 8.31. The minimum atomic E-state index is 0.253. The largest absolute Gasteiger partial charge is 0.387 e. The van der Waals surface area contributed by atoms with Gasteiger partial charge in [0.15, 0.2) is 12.6 Å². The number of aldehydes is 2. The molecular weight excluding hydrogens is 665 g/mol. The Morgan fingerprint density at radius 3 is 0.759 bits per heavy atom. The molecule has 0 unspecified atom stereocenters. The smallest absolute Gasteiger partial charge is 0.152 e. The summed E-state index contributed by atoms with van der Waals surface area (Å²) in [6, 6.07) is 49.8. The summed E-state index contributed by atoms with van der Waals surface area (Å²) in [5, 5.41) is 6.43. The Morgan fingerprint density at radius 2 is 0.574 bits per heavy atom. The first-order valence-corrected chi connectivity index (χ1v) is 18.1. The highest BCUT2D eigenvalue weighted by Gasteiger charge is 2.20. The van der Waals surface area contributed by atoms with Gasteiger partial charge < -0.3 is 20.4 Å². The van der Waals surface area contributed by atoms with Crippen LogP contribution in [0.2, 0.25) is 0 Å². The minimum absolute atomic E-state index is 0.253. The van der Waals surface area contributed by atoms with E-state index in [1.807, 2.05) is 48.5 Å². The Labute approximate surface area is 319 Å². The number of rotatable bonds is 13. The van der Waals surface area contributed by atoms with Gasteiger partial charge in [0.25, 0.3) is 0 Å². The van der Waals surface area contributed by atoms with Crippen molar-refractivity contribution in [2.45, 2.75) is 27.7 Å². The van der Waals surface area contributed by atoms with Crippen molar-refractivity contribution in [3.63, 3.8) is 0 Å². The second kappa shape index (κ2) is 16.8. The lowest BCUT2D eigenvalue weighted by Crippen LogP contribution is -2.16. The van der Waals surface area contributed by atoms with E-state index in [0.717, 1.165) is 57.8 Å². The van der Waals surface area contributed by atoms with Gasteiger partial charge in [-0.2, -0.15) is 0 Å². The first-order valence-electron chi connectivity index (χ1n) is 18.1. The van der Waals surface area contributed by atoms with E-state index < -0.39 is 0 Å².